The molecule has 0 amide bonds. The van der Waals surface area contributed by atoms with Crippen molar-refractivity contribution in [1.82, 2.24) is 39.0 Å². The third kappa shape index (κ3) is 8.75. The van der Waals surface area contributed by atoms with Crippen molar-refractivity contribution >= 4 is 43.6 Å². The van der Waals surface area contributed by atoms with Crippen LogP contribution < -0.4 is 0 Å². The predicted octanol–water partition coefficient (Wildman–Crippen LogP) is 20.6. The number of benzene rings is 13. The lowest BCUT2D eigenvalue weighted by Crippen LogP contribution is -2.27. The van der Waals surface area contributed by atoms with Gasteiger partial charge in [0.2, 0.25) is 0 Å². The Kier molecular flexibility index (Phi) is 12.2. The van der Waals surface area contributed by atoms with Crippen molar-refractivity contribution in [1.29, 1.82) is 0 Å². The lowest BCUT2D eigenvalue weighted by atomic mass is 9.61. The van der Waals surface area contributed by atoms with Crippen LogP contribution in [0, 0.1) is 0 Å². The Morgan fingerprint density at radius 1 is 0.181 bits per heavy atom. The van der Waals surface area contributed by atoms with Crippen molar-refractivity contribution in [2.24, 2.45) is 0 Å². The van der Waals surface area contributed by atoms with Crippen LogP contribution >= 0.6 is 0 Å². The topological polar surface area (TPSA) is 87.2 Å². The largest absolute Gasteiger partial charge is 0.309 e. The average molecular weight is 1200 g/mol. The highest BCUT2D eigenvalue weighted by atomic mass is 15.0. The van der Waals surface area contributed by atoms with E-state index in [1.807, 2.05) is 36.4 Å². The van der Waals surface area contributed by atoms with Crippen molar-refractivity contribution in [2.75, 3.05) is 0 Å². The number of hydrogen-bond acceptors (Lipinski definition) is 6. The van der Waals surface area contributed by atoms with Crippen LogP contribution in [0.25, 0.3) is 146 Å². The number of fused-ring (bicyclic) bond motifs is 6. The fourth-order valence-corrected chi connectivity index (χ4v) is 14.9. The molecule has 438 valence electrons. The molecule has 2 bridgehead atoms. The monoisotopic (exact) mass is 1200 g/mol. The molecule has 0 saturated heterocycles. The van der Waals surface area contributed by atoms with Gasteiger partial charge in [0.1, 0.15) is 0 Å². The third-order valence-corrected chi connectivity index (χ3v) is 19.2. The van der Waals surface area contributed by atoms with Gasteiger partial charge in [0, 0.05) is 78.1 Å². The lowest BCUT2D eigenvalue weighted by Gasteiger charge is -2.42. The van der Waals surface area contributed by atoms with Crippen LogP contribution in [0.15, 0.2) is 315 Å². The Bertz CT molecular complexity index is 5520. The first-order valence-electron chi connectivity index (χ1n) is 32.0. The number of para-hydroxylation sites is 4. The Hall–Kier alpha value is -12.5. The van der Waals surface area contributed by atoms with Crippen molar-refractivity contribution in [2.45, 2.75) is 11.8 Å². The summed E-state index contributed by atoms with van der Waals surface area (Å²) in [5, 5.41) is 4.82. The molecule has 3 aliphatic carbocycles. The molecule has 3 aliphatic rings. The summed E-state index contributed by atoms with van der Waals surface area (Å²) in [5.41, 5.74) is 24.6. The molecule has 20 rings (SSSR count). The highest BCUT2D eigenvalue weighted by Gasteiger charge is 2.42. The van der Waals surface area contributed by atoms with E-state index in [0.29, 0.717) is 34.9 Å². The second-order valence-corrected chi connectivity index (χ2v) is 24.5. The molecule has 0 aliphatic heterocycles. The van der Waals surface area contributed by atoms with Gasteiger partial charge in [0.05, 0.1) is 22.1 Å². The predicted molar refractivity (Wildman–Crippen MR) is 380 cm³/mol. The van der Waals surface area contributed by atoms with Crippen molar-refractivity contribution in [3.63, 3.8) is 0 Å². The van der Waals surface area contributed by atoms with E-state index >= 15 is 0 Å². The van der Waals surface area contributed by atoms with Crippen molar-refractivity contribution in [3.05, 3.63) is 349 Å². The van der Waals surface area contributed by atoms with Crippen LogP contribution in [-0.4, -0.2) is 39.0 Å². The molecule has 0 saturated carbocycles. The summed E-state index contributed by atoms with van der Waals surface area (Å²) in [5.74, 6) is 3.65. The smallest absolute Gasteiger partial charge is 0.164 e. The second kappa shape index (κ2) is 21.6. The van der Waals surface area contributed by atoms with E-state index in [9.17, 15) is 0 Å². The fraction of sp³-hybridized carbons (Fsp3) is 0.0233. The van der Waals surface area contributed by atoms with Gasteiger partial charge in [-0.05, 0) is 141 Å². The van der Waals surface area contributed by atoms with Crippen LogP contribution in [0.4, 0.5) is 0 Å². The maximum atomic E-state index is 5.37. The van der Waals surface area contributed by atoms with Gasteiger partial charge in [0.25, 0.3) is 0 Å². The molecule has 2 unspecified atom stereocenters. The molecule has 0 fully saturated rings. The summed E-state index contributed by atoms with van der Waals surface area (Å²) >= 11 is 0. The minimum absolute atomic E-state index is 0.0310. The molecular formula is C86H54N8. The summed E-state index contributed by atoms with van der Waals surface area (Å²) in [4.78, 5) is 31.8. The molecule has 8 nitrogen and oxygen atoms in total. The van der Waals surface area contributed by atoms with Gasteiger partial charge in [-0.2, -0.15) is 0 Å². The van der Waals surface area contributed by atoms with Crippen LogP contribution in [0.1, 0.15) is 45.2 Å². The summed E-state index contributed by atoms with van der Waals surface area (Å²) in [7, 11) is 0. The maximum Gasteiger partial charge on any atom is 0.164 e. The zero-order valence-corrected chi connectivity index (χ0v) is 50.8. The lowest BCUT2D eigenvalue weighted by molar-refractivity contribution is 0.754. The molecule has 8 heteroatoms. The molecular weight excluding hydrogens is 1150 g/mol. The highest BCUT2D eigenvalue weighted by Crippen LogP contribution is 2.57. The Balaban J connectivity index is 0.689. The third-order valence-electron chi connectivity index (χ3n) is 19.2. The summed E-state index contributed by atoms with van der Waals surface area (Å²) in [6, 6.07) is 113. The van der Waals surface area contributed by atoms with E-state index in [-0.39, 0.29) is 11.8 Å². The van der Waals surface area contributed by atoms with Crippen LogP contribution in [0.5, 0.6) is 0 Å². The van der Waals surface area contributed by atoms with Gasteiger partial charge >= 0.3 is 0 Å². The number of aromatic nitrogens is 8. The van der Waals surface area contributed by atoms with Crippen molar-refractivity contribution in [3.8, 4) is 102 Å². The van der Waals surface area contributed by atoms with E-state index in [0.717, 1.165) is 78.0 Å². The first-order chi connectivity index (χ1) is 46.6. The van der Waals surface area contributed by atoms with Crippen LogP contribution in [0.3, 0.4) is 0 Å². The molecule has 17 aromatic rings. The SMILES string of the molecule is c1ccc(-c2nc(-c3cccc(-c4ccc5c(c4)c4ccccc4n5-c4ccccc4)c3)nc(-c3ccc4c(c3)C3c5ccccc5C4c4cc(-c5nc(-c6ccccc6)nc(-c6cccc(-c7ccc8c(c7)c7ccccc7n8-c7ccccc7)c6)n5)ccc43)n2)cc1. The first-order valence-corrected chi connectivity index (χ1v) is 32.0. The maximum absolute atomic E-state index is 5.37. The molecule has 0 spiro atoms. The van der Waals surface area contributed by atoms with Crippen molar-refractivity contribution < 1.29 is 0 Å². The zero-order chi connectivity index (χ0) is 61.8. The minimum atomic E-state index is -0.0310. The zero-order valence-electron chi connectivity index (χ0n) is 50.8. The molecule has 0 N–H and O–H groups in total. The first kappa shape index (κ1) is 53.3. The summed E-state index contributed by atoms with van der Waals surface area (Å²) < 4.78 is 4.71. The number of hydrogen-bond donors (Lipinski definition) is 0. The fourth-order valence-electron chi connectivity index (χ4n) is 14.9. The summed E-state index contributed by atoms with van der Waals surface area (Å²) in [6.45, 7) is 0. The molecule has 13 aromatic carbocycles. The number of rotatable bonds is 10. The van der Waals surface area contributed by atoms with Gasteiger partial charge < -0.3 is 9.13 Å². The number of nitrogens with zero attached hydrogens (tertiary/aromatic N) is 8. The minimum Gasteiger partial charge on any atom is -0.309 e. The quantitative estimate of drug-likeness (QED) is 0.136. The van der Waals surface area contributed by atoms with Gasteiger partial charge in [-0.25, -0.2) is 29.9 Å². The van der Waals surface area contributed by atoms with E-state index in [1.54, 1.807) is 0 Å². The molecule has 4 aromatic heterocycles. The van der Waals surface area contributed by atoms with Gasteiger partial charge in [-0.15, -0.1) is 0 Å². The van der Waals surface area contributed by atoms with E-state index in [2.05, 4.69) is 288 Å². The summed E-state index contributed by atoms with van der Waals surface area (Å²) in [6.07, 6.45) is 0. The standard InChI is InChI=1S/C86H54N8/c1-5-21-53(22-6-1)81-87-83(59-27-19-25-55(47-59)57-41-45-77-71(49-57)65-33-15-17-37-75(65)93(77)63-29-9-3-10-30-63)91-85(89-81)61-39-43-69-73(51-61)79-67-35-13-14-36-68(67)80(69)74-52-62(40-44-70(74)79)86-90-82(54-23-7-2-8-24-54)88-84(92-86)60-28-20-26-56(48-60)58-42-46-78-72(50-58)66-34-16-18-38-76(66)94(78)64-31-11-4-12-32-64/h1-52,79-80H. The molecule has 0 radical (unpaired) electrons. The molecule has 4 heterocycles. The van der Waals surface area contributed by atoms with Crippen LogP contribution in [0.2, 0.25) is 0 Å². The van der Waals surface area contributed by atoms with Gasteiger partial charge in [-0.3, -0.25) is 0 Å². The Morgan fingerprint density at radius 2 is 0.468 bits per heavy atom. The van der Waals surface area contributed by atoms with E-state index in [1.165, 1.54) is 66.0 Å². The Morgan fingerprint density at radius 3 is 0.883 bits per heavy atom. The second-order valence-electron chi connectivity index (χ2n) is 24.5. The molecule has 94 heavy (non-hydrogen) atoms. The van der Waals surface area contributed by atoms with E-state index < -0.39 is 0 Å². The highest BCUT2D eigenvalue weighted by molar-refractivity contribution is 6.12. The average Bonchev–Trinajstić information content (AvgIpc) is 1.00. The normalized spacial score (nSPS) is 13.7. The molecule has 2 atom stereocenters. The van der Waals surface area contributed by atoms with Crippen LogP contribution in [-0.2, 0) is 0 Å². The Labute approximate surface area is 542 Å². The van der Waals surface area contributed by atoms with Gasteiger partial charge in [0.15, 0.2) is 34.9 Å². The van der Waals surface area contributed by atoms with Gasteiger partial charge in [-0.1, -0.05) is 231 Å². The van der Waals surface area contributed by atoms with E-state index in [4.69, 9.17) is 29.9 Å².